The highest BCUT2D eigenvalue weighted by atomic mass is 16.2. The molecule has 0 bridgehead atoms. The summed E-state index contributed by atoms with van der Waals surface area (Å²) in [6.45, 7) is 6.97. The molecule has 0 aliphatic carbocycles. The van der Waals surface area contributed by atoms with Crippen molar-refractivity contribution in [3.05, 3.63) is 62.6 Å². The van der Waals surface area contributed by atoms with Crippen molar-refractivity contribution in [2.45, 2.75) is 39.9 Å². The van der Waals surface area contributed by atoms with E-state index in [-0.39, 0.29) is 18.1 Å². The molecule has 32 heavy (non-hydrogen) atoms. The molecule has 0 saturated carbocycles. The van der Waals surface area contributed by atoms with E-state index in [4.69, 9.17) is 5.73 Å². The molecule has 0 spiro atoms. The molecule has 9 nitrogen and oxygen atoms in total. The summed E-state index contributed by atoms with van der Waals surface area (Å²) in [5.74, 6) is 0.615. The van der Waals surface area contributed by atoms with E-state index in [0.29, 0.717) is 35.9 Å². The molecule has 3 heterocycles. The van der Waals surface area contributed by atoms with E-state index < -0.39 is 5.69 Å². The second kappa shape index (κ2) is 8.23. The maximum atomic E-state index is 13.6. The van der Waals surface area contributed by atoms with Gasteiger partial charge in [0.2, 0.25) is 5.95 Å². The minimum absolute atomic E-state index is 0.0636. The molecule has 168 valence electrons. The molecular weight excluding hydrogens is 406 g/mol. The fraction of sp³-hybridized carbons (Fsp3) is 0.391. The quantitative estimate of drug-likeness (QED) is 0.493. The Balaban J connectivity index is 1.95. The lowest BCUT2D eigenvalue weighted by atomic mass is 10.1. The second-order valence-electron chi connectivity index (χ2n) is 8.35. The average molecular weight is 436 g/mol. The van der Waals surface area contributed by atoms with E-state index in [0.717, 1.165) is 16.5 Å². The fourth-order valence-corrected chi connectivity index (χ4v) is 4.29. The largest absolute Gasteiger partial charge is 0.344 e. The molecule has 4 aromatic rings. The SMILES string of the molecule is CCn1c(N(C)C[C@@H](C)N)nc2c1c(=O)n(Cc1nc(C)cc3ccccc13)c(=O)n2C. The molecule has 0 fully saturated rings. The van der Waals surface area contributed by atoms with E-state index in [9.17, 15) is 9.59 Å². The van der Waals surface area contributed by atoms with Crippen LogP contribution in [0.5, 0.6) is 0 Å². The zero-order chi connectivity index (χ0) is 23.2. The van der Waals surface area contributed by atoms with Gasteiger partial charge in [-0.15, -0.1) is 0 Å². The standard InChI is InChI=1S/C23H29N7O2/c1-6-29-19-20(26-22(29)27(4)12-14(2)24)28(5)23(32)30(21(19)31)13-18-17-10-8-7-9-16(17)11-15(3)25-18/h7-11,14H,6,12-13,24H2,1-5H3/t14-/m1/s1. The van der Waals surface area contributed by atoms with Crippen LogP contribution >= 0.6 is 0 Å². The van der Waals surface area contributed by atoms with E-state index in [1.807, 2.05) is 67.6 Å². The van der Waals surface area contributed by atoms with Crippen molar-refractivity contribution >= 4 is 27.9 Å². The number of hydrogen-bond donors (Lipinski definition) is 1. The molecule has 0 radical (unpaired) electrons. The summed E-state index contributed by atoms with van der Waals surface area (Å²) in [7, 11) is 3.53. The van der Waals surface area contributed by atoms with Gasteiger partial charge in [-0.05, 0) is 32.2 Å². The van der Waals surface area contributed by atoms with Crippen LogP contribution < -0.4 is 21.9 Å². The lowest BCUT2D eigenvalue weighted by Gasteiger charge is -2.20. The summed E-state index contributed by atoms with van der Waals surface area (Å²) >= 11 is 0. The Morgan fingerprint density at radius 1 is 1.16 bits per heavy atom. The van der Waals surface area contributed by atoms with E-state index in [2.05, 4.69) is 9.97 Å². The van der Waals surface area contributed by atoms with Crippen molar-refractivity contribution in [2.75, 3.05) is 18.5 Å². The van der Waals surface area contributed by atoms with Crippen LogP contribution in [0.4, 0.5) is 5.95 Å². The van der Waals surface area contributed by atoms with Gasteiger partial charge < -0.3 is 15.2 Å². The third-order valence-electron chi connectivity index (χ3n) is 5.69. The van der Waals surface area contributed by atoms with Crippen molar-refractivity contribution in [3.63, 3.8) is 0 Å². The maximum Gasteiger partial charge on any atom is 0.332 e. The first kappa shape index (κ1) is 21.8. The van der Waals surface area contributed by atoms with Crippen LogP contribution in [0.3, 0.4) is 0 Å². The van der Waals surface area contributed by atoms with Crippen LogP contribution in [-0.4, -0.2) is 43.3 Å². The molecule has 4 rings (SSSR count). The first-order chi connectivity index (χ1) is 15.2. The van der Waals surface area contributed by atoms with Gasteiger partial charge in [-0.1, -0.05) is 24.3 Å². The van der Waals surface area contributed by atoms with Crippen molar-refractivity contribution < 1.29 is 0 Å². The number of nitrogens with zero attached hydrogens (tertiary/aromatic N) is 6. The summed E-state index contributed by atoms with van der Waals surface area (Å²) < 4.78 is 4.53. The average Bonchev–Trinajstić information content (AvgIpc) is 3.14. The van der Waals surface area contributed by atoms with Gasteiger partial charge in [-0.2, -0.15) is 4.98 Å². The van der Waals surface area contributed by atoms with Crippen molar-refractivity contribution in [1.29, 1.82) is 0 Å². The number of nitrogens with two attached hydrogens (primary N) is 1. The van der Waals surface area contributed by atoms with Gasteiger partial charge in [0, 0.05) is 44.3 Å². The van der Waals surface area contributed by atoms with Crippen molar-refractivity contribution in [1.82, 2.24) is 23.7 Å². The fourth-order valence-electron chi connectivity index (χ4n) is 4.29. The molecule has 0 unspecified atom stereocenters. The molecule has 0 saturated heterocycles. The first-order valence-electron chi connectivity index (χ1n) is 10.7. The lowest BCUT2D eigenvalue weighted by molar-refractivity contribution is 0.643. The van der Waals surface area contributed by atoms with Crippen LogP contribution in [-0.2, 0) is 20.1 Å². The van der Waals surface area contributed by atoms with Crippen LogP contribution in [0.15, 0.2) is 39.9 Å². The van der Waals surface area contributed by atoms with Gasteiger partial charge in [-0.3, -0.25) is 18.9 Å². The van der Waals surface area contributed by atoms with Crippen molar-refractivity contribution in [2.24, 2.45) is 12.8 Å². The Morgan fingerprint density at radius 2 is 1.88 bits per heavy atom. The summed E-state index contributed by atoms with van der Waals surface area (Å²) in [5.41, 5.74) is 7.47. The van der Waals surface area contributed by atoms with Crippen LogP contribution in [0.1, 0.15) is 25.2 Å². The number of fused-ring (bicyclic) bond motifs is 2. The Kier molecular flexibility index (Phi) is 5.60. The number of aryl methyl sites for hydroxylation is 3. The summed E-state index contributed by atoms with van der Waals surface area (Å²) in [5, 5.41) is 1.95. The number of aromatic nitrogens is 5. The Bertz CT molecular complexity index is 1430. The predicted molar refractivity (Wildman–Crippen MR) is 127 cm³/mol. The van der Waals surface area contributed by atoms with Crippen LogP contribution in [0, 0.1) is 6.92 Å². The summed E-state index contributed by atoms with van der Waals surface area (Å²) in [6, 6.07) is 9.79. The van der Waals surface area contributed by atoms with Gasteiger partial charge in [0.05, 0.1) is 12.2 Å². The number of likely N-dealkylation sites (N-methyl/N-ethyl adjacent to an activating group) is 1. The highest BCUT2D eigenvalue weighted by Crippen LogP contribution is 2.21. The molecule has 0 amide bonds. The van der Waals surface area contributed by atoms with Crippen LogP contribution in [0.25, 0.3) is 21.9 Å². The molecule has 0 aliphatic heterocycles. The van der Waals surface area contributed by atoms with E-state index in [1.54, 1.807) is 7.05 Å². The number of hydrogen-bond acceptors (Lipinski definition) is 6. The second-order valence-corrected chi connectivity index (χ2v) is 8.35. The van der Waals surface area contributed by atoms with Gasteiger partial charge in [-0.25, -0.2) is 4.79 Å². The first-order valence-corrected chi connectivity index (χ1v) is 10.7. The molecule has 9 heteroatoms. The van der Waals surface area contributed by atoms with Crippen LogP contribution in [0.2, 0.25) is 0 Å². The molecular formula is C23H29N7O2. The van der Waals surface area contributed by atoms with Gasteiger partial charge >= 0.3 is 5.69 Å². The minimum Gasteiger partial charge on any atom is -0.344 e. The third kappa shape index (κ3) is 3.58. The molecule has 1 aromatic carbocycles. The van der Waals surface area contributed by atoms with Crippen molar-refractivity contribution in [3.8, 4) is 0 Å². The van der Waals surface area contributed by atoms with E-state index >= 15 is 0 Å². The monoisotopic (exact) mass is 435 g/mol. The number of pyridine rings is 1. The Morgan fingerprint density at radius 3 is 2.56 bits per heavy atom. The summed E-state index contributed by atoms with van der Waals surface area (Å²) in [4.78, 5) is 38.0. The zero-order valence-corrected chi connectivity index (χ0v) is 19.2. The normalized spacial score (nSPS) is 12.6. The lowest BCUT2D eigenvalue weighted by Crippen LogP contribution is -2.40. The maximum absolute atomic E-state index is 13.6. The number of rotatable bonds is 6. The highest BCUT2D eigenvalue weighted by molar-refractivity contribution is 5.85. The van der Waals surface area contributed by atoms with E-state index in [1.165, 1.54) is 9.13 Å². The smallest absolute Gasteiger partial charge is 0.332 e. The Labute approximate surface area is 185 Å². The number of benzene rings is 1. The number of anilines is 1. The van der Waals surface area contributed by atoms with Gasteiger partial charge in [0.25, 0.3) is 5.56 Å². The van der Waals surface area contributed by atoms with Gasteiger partial charge in [0.15, 0.2) is 11.2 Å². The highest BCUT2D eigenvalue weighted by Gasteiger charge is 2.22. The molecule has 1 atom stereocenters. The topological polar surface area (TPSA) is 104 Å². The van der Waals surface area contributed by atoms with Gasteiger partial charge in [0.1, 0.15) is 0 Å². The molecule has 3 aromatic heterocycles. The molecule has 2 N–H and O–H groups in total. The minimum atomic E-state index is -0.419. The number of imidazole rings is 1. The predicted octanol–water partition coefficient (Wildman–Crippen LogP) is 1.60. The zero-order valence-electron chi connectivity index (χ0n) is 19.2. The summed E-state index contributed by atoms with van der Waals surface area (Å²) in [6.07, 6.45) is 0. The third-order valence-corrected chi connectivity index (χ3v) is 5.69. The Hall–Kier alpha value is -3.46. The molecule has 0 aliphatic rings.